The summed E-state index contributed by atoms with van der Waals surface area (Å²) in [6.45, 7) is 2.81. The monoisotopic (exact) mass is 328 g/mol. The molecule has 2 atom stereocenters. The molecule has 4 nitrogen and oxygen atoms in total. The van der Waals surface area contributed by atoms with Crippen LogP contribution >= 0.6 is 34.5 Å². The predicted octanol–water partition coefficient (Wildman–Crippen LogP) is 2.41. The number of piperidine rings is 1. The van der Waals surface area contributed by atoms with Gasteiger partial charge in [-0.05, 0) is 18.4 Å². The average molecular weight is 329 g/mol. The van der Waals surface area contributed by atoms with Gasteiger partial charge >= 0.3 is 0 Å². The third kappa shape index (κ3) is 2.69. The Balaban J connectivity index is 2.29. The molecule has 0 bridgehead atoms. The van der Waals surface area contributed by atoms with E-state index in [-0.39, 0.29) is 21.2 Å². The fourth-order valence-corrected chi connectivity index (χ4v) is 5.65. The topological polar surface area (TPSA) is 63.4 Å². The highest BCUT2D eigenvalue weighted by atomic mass is 35.5. The van der Waals surface area contributed by atoms with Crippen molar-refractivity contribution in [3.8, 4) is 0 Å². The summed E-state index contributed by atoms with van der Waals surface area (Å²) < 4.78 is 26.9. The minimum absolute atomic E-state index is 0.0537. The van der Waals surface area contributed by atoms with Crippen LogP contribution in [-0.2, 0) is 10.0 Å². The van der Waals surface area contributed by atoms with E-state index in [9.17, 15) is 8.42 Å². The largest absolute Gasteiger partial charge is 0.327 e. The van der Waals surface area contributed by atoms with E-state index in [1.54, 1.807) is 0 Å². The minimum atomic E-state index is -3.56. The van der Waals surface area contributed by atoms with E-state index >= 15 is 0 Å². The van der Waals surface area contributed by atoms with Crippen molar-refractivity contribution in [1.29, 1.82) is 0 Å². The Morgan fingerprint density at radius 3 is 2.67 bits per heavy atom. The van der Waals surface area contributed by atoms with Gasteiger partial charge in [-0.15, -0.1) is 11.3 Å². The molecule has 0 spiro atoms. The lowest BCUT2D eigenvalue weighted by atomic mass is 9.96. The lowest BCUT2D eigenvalue weighted by molar-refractivity contribution is 0.250. The summed E-state index contributed by atoms with van der Waals surface area (Å²) in [5, 5.41) is 0. The molecular formula is C10H14Cl2N2O2S2. The summed E-state index contributed by atoms with van der Waals surface area (Å²) in [5.41, 5.74) is 5.89. The second-order valence-electron chi connectivity index (χ2n) is 4.48. The molecule has 1 saturated heterocycles. The first-order chi connectivity index (χ1) is 8.32. The van der Waals surface area contributed by atoms with Crippen LogP contribution in [0.25, 0.3) is 0 Å². The Labute approximate surface area is 121 Å². The minimum Gasteiger partial charge on any atom is -0.327 e. The van der Waals surface area contributed by atoms with E-state index in [2.05, 4.69) is 0 Å². The number of sulfonamides is 1. The maximum absolute atomic E-state index is 12.4. The van der Waals surface area contributed by atoms with Crippen LogP contribution in [0.5, 0.6) is 0 Å². The number of hydrogen-bond acceptors (Lipinski definition) is 4. The van der Waals surface area contributed by atoms with Crippen LogP contribution in [0, 0.1) is 5.92 Å². The number of halogens is 2. The van der Waals surface area contributed by atoms with Crippen LogP contribution < -0.4 is 5.73 Å². The van der Waals surface area contributed by atoms with Crippen molar-refractivity contribution in [3.05, 3.63) is 14.7 Å². The van der Waals surface area contributed by atoms with E-state index in [4.69, 9.17) is 28.9 Å². The van der Waals surface area contributed by atoms with Crippen LogP contribution in [0.15, 0.2) is 11.0 Å². The van der Waals surface area contributed by atoms with Gasteiger partial charge in [-0.2, -0.15) is 4.31 Å². The van der Waals surface area contributed by atoms with Crippen molar-refractivity contribution in [2.45, 2.75) is 24.3 Å². The molecule has 2 rings (SSSR count). The molecule has 1 fully saturated rings. The molecule has 0 aliphatic carbocycles. The van der Waals surface area contributed by atoms with Crippen molar-refractivity contribution >= 4 is 44.6 Å². The number of thiophene rings is 1. The van der Waals surface area contributed by atoms with Crippen molar-refractivity contribution in [1.82, 2.24) is 4.31 Å². The Morgan fingerprint density at radius 1 is 1.50 bits per heavy atom. The highest BCUT2D eigenvalue weighted by Crippen LogP contribution is 2.36. The molecule has 2 N–H and O–H groups in total. The summed E-state index contributed by atoms with van der Waals surface area (Å²) in [5.74, 6) is 0.140. The van der Waals surface area contributed by atoms with Crippen LogP contribution in [0.4, 0.5) is 0 Å². The van der Waals surface area contributed by atoms with Gasteiger partial charge in [0.1, 0.15) is 9.23 Å². The predicted molar refractivity (Wildman–Crippen MR) is 74.9 cm³/mol. The van der Waals surface area contributed by atoms with Gasteiger partial charge in [0.25, 0.3) is 0 Å². The van der Waals surface area contributed by atoms with Gasteiger partial charge in [-0.1, -0.05) is 30.1 Å². The normalized spacial score (nSPS) is 26.4. The summed E-state index contributed by atoms with van der Waals surface area (Å²) >= 11 is 12.8. The summed E-state index contributed by atoms with van der Waals surface area (Å²) in [7, 11) is -3.56. The molecule has 102 valence electrons. The Kier molecular flexibility index (Phi) is 4.26. The molecule has 2 unspecified atom stereocenters. The van der Waals surface area contributed by atoms with E-state index in [1.807, 2.05) is 6.92 Å². The van der Waals surface area contributed by atoms with E-state index < -0.39 is 10.0 Å². The number of rotatable bonds is 2. The lowest BCUT2D eigenvalue weighted by Gasteiger charge is -2.34. The summed E-state index contributed by atoms with van der Waals surface area (Å²) in [6.07, 6.45) is 0.663. The van der Waals surface area contributed by atoms with Crippen molar-refractivity contribution in [2.75, 3.05) is 13.1 Å². The quantitative estimate of drug-likeness (QED) is 0.906. The fourth-order valence-electron chi connectivity index (χ4n) is 1.98. The smallest absolute Gasteiger partial charge is 0.245 e. The zero-order valence-electron chi connectivity index (χ0n) is 9.77. The van der Waals surface area contributed by atoms with Gasteiger partial charge in [0.15, 0.2) is 0 Å². The van der Waals surface area contributed by atoms with Crippen LogP contribution in [-0.4, -0.2) is 31.9 Å². The van der Waals surface area contributed by atoms with Crippen molar-refractivity contribution < 1.29 is 8.42 Å². The average Bonchev–Trinajstić information content (AvgIpc) is 2.62. The van der Waals surface area contributed by atoms with E-state index in [1.165, 1.54) is 10.4 Å². The molecule has 18 heavy (non-hydrogen) atoms. The molecule has 1 aliphatic rings. The third-order valence-corrected chi connectivity index (χ3v) is 6.80. The molecule has 2 heterocycles. The maximum atomic E-state index is 12.4. The van der Waals surface area contributed by atoms with Crippen LogP contribution in [0.3, 0.4) is 0 Å². The first kappa shape index (κ1) is 14.6. The highest BCUT2D eigenvalue weighted by Gasteiger charge is 2.34. The third-order valence-electron chi connectivity index (χ3n) is 3.18. The Morgan fingerprint density at radius 2 is 2.17 bits per heavy atom. The van der Waals surface area contributed by atoms with E-state index in [0.29, 0.717) is 23.8 Å². The zero-order valence-corrected chi connectivity index (χ0v) is 12.9. The van der Waals surface area contributed by atoms with Gasteiger partial charge in [0.05, 0.1) is 4.34 Å². The molecule has 0 radical (unpaired) electrons. The first-order valence-electron chi connectivity index (χ1n) is 5.53. The second kappa shape index (κ2) is 5.26. The van der Waals surface area contributed by atoms with Gasteiger partial charge in [-0.25, -0.2) is 8.42 Å². The van der Waals surface area contributed by atoms with Gasteiger partial charge in [-0.3, -0.25) is 0 Å². The molecule has 1 aromatic heterocycles. The molecule has 8 heteroatoms. The molecule has 0 aromatic carbocycles. The number of hydrogen-bond donors (Lipinski definition) is 1. The first-order valence-corrected chi connectivity index (χ1v) is 8.54. The fraction of sp³-hybridized carbons (Fsp3) is 0.600. The molecular weight excluding hydrogens is 315 g/mol. The number of nitrogens with two attached hydrogens (primary N) is 1. The van der Waals surface area contributed by atoms with Crippen LogP contribution in [0.2, 0.25) is 8.67 Å². The molecule has 0 amide bonds. The molecule has 1 aromatic rings. The van der Waals surface area contributed by atoms with Gasteiger partial charge < -0.3 is 5.73 Å². The maximum Gasteiger partial charge on any atom is 0.245 e. The molecule has 0 saturated carbocycles. The van der Waals surface area contributed by atoms with Gasteiger partial charge in [0.2, 0.25) is 10.0 Å². The zero-order chi connectivity index (χ0) is 13.5. The van der Waals surface area contributed by atoms with Crippen molar-refractivity contribution in [3.63, 3.8) is 0 Å². The van der Waals surface area contributed by atoms with Gasteiger partial charge in [0, 0.05) is 19.1 Å². The van der Waals surface area contributed by atoms with E-state index in [0.717, 1.165) is 11.3 Å². The van der Waals surface area contributed by atoms with Crippen molar-refractivity contribution in [2.24, 2.45) is 11.7 Å². The lowest BCUT2D eigenvalue weighted by Crippen LogP contribution is -2.48. The SMILES string of the molecule is CC1CN(S(=O)(=O)c2cc(Cl)sc2Cl)CCC1N. The standard InChI is InChI=1S/C10H14Cl2N2O2S2/c1-6-5-14(3-2-7(6)13)18(15,16)8-4-9(11)17-10(8)12/h4,6-7H,2-3,5,13H2,1H3. The van der Waals surface area contributed by atoms with Crippen LogP contribution in [0.1, 0.15) is 13.3 Å². The molecule has 1 aliphatic heterocycles. The highest BCUT2D eigenvalue weighted by molar-refractivity contribution is 7.89. The number of nitrogens with zero attached hydrogens (tertiary/aromatic N) is 1. The second-order valence-corrected chi connectivity index (χ2v) is 8.67. The summed E-state index contributed by atoms with van der Waals surface area (Å²) in [4.78, 5) is 0.0989. The Hall–Kier alpha value is 0.150. The summed E-state index contributed by atoms with van der Waals surface area (Å²) in [6, 6.07) is 1.46. The Bertz CT molecular complexity index is 544.